The van der Waals surface area contributed by atoms with E-state index >= 15 is 0 Å². The van der Waals surface area contributed by atoms with Crippen molar-refractivity contribution in [2.24, 2.45) is 34.5 Å². The van der Waals surface area contributed by atoms with E-state index in [-0.39, 0.29) is 70.1 Å². The van der Waals surface area contributed by atoms with E-state index in [1.54, 1.807) is 38.1 Å². The fourth-order valence-electron chi connectivity index (χ4n) is 14.2. The lowest BCUT2D eigenvalue weighted by Gasteiger charge is -2.47. The molecule has 16 heteroatoms. The van der Waals surface area contributed by atoms with E-state index in [0.29, 0.717) is 114 Å². The molecule has 4 amide bonds. The first-order chi connectivity index (χ1) is 37.2. The zero-order chi connectivity index (χ0) is 56.3. The summed E-state index contributed by atoms with van der Waals surface area (Å²) in [5.74, 6) is 0.950. The van der Waals surface area contributed by atoms with Gasteiger partial charge in [0.2, 0.25) is 23.6 Å². The van der Waals surface area contributed by atoms with Gasteiger partial charge in [0.1, 0.15) is 41.3 Å². The van der Waals surface area contributed by atoms with Crippen LogP contribution in [0.3, 0.4) is 0 Å². The highest BCUT2D eigenvalue weighted by Gasteiger charge is 2.48. The third-order valence-corrected chi connectivity index (χ3v) is 19.4. The minimum Gasteiger partial charge on any atom is -0.343 e. The zero-order valence-electron chi connectivity index (χ0n) is 48.4. The zero-order valence-corrected chi connectivity index (χ0v) is 48.4. The van der Waals surface area contributed by atoms with Gasteiger partial charge in [-0.1, -0.05) is 90.5 Å². The minimum atomic E-state index is -0.753. The molecule has 2 aliphatic carbocycles. The van der Waals surface area contributed by atoms with Gasteiger partial charge in [0.25, 0.3) is 0 Å². The van der Waals surface area contributed by atoms with Crippen LogP contribution in [0.2, 0.25) is 0 Å². The van der Waals surface area contributed by atoms with Crippen molar-refractivity contribution in [1.29, 1.82) is 0 Å². The van der Waals surface area contributed by atoms with Gasteiger partial charge in [0.15, 0.2) is 0 Å². The van der Waals surface area contributed by atoms with Gasteiger partial charge in [-0.15, -0.1) is 0 Å². The standard InChI is InChI=1S/C32H49FN4O3.C30H45FN4O3/c1-22(2)28-20-36(5)29(21-35(28)4)30(39)34-27(19-24-11-13-26(33)14-12-24)31(40)37-17-15-32(16-18-37,23(3)38)25-9-7-6-8-10-25;1-20(2)26-18-33-27(19-32-26)28(37)34-25(17-22-9-11-24(31)12-10-22)29(38)35-15-13-30(14-16-35,21(3)36)23-7-5-4-6-8-23/h11-14,22,25,27-29H,6-10,15-21H2,1-5H3,(H,34,39);9-12,20,23,25-27,32-33H,4-8,13-19H2,1-3H3,(H,34,37)/t27-,28?,29-;25-,26?,27-/m11/s1. The van der Waals surface area contributed by atoms with Crippen LogP contribution in [0.1, 0.15) is 143 Å². The number of hydrogen-bond donors (Lipinski definition) is 4. The van der Waals surface area contributed by atoms with Crippen molar-refractivity contribution in [3.8, 4) is 0 Å². The van der Waals surface area contributed by atoms with E-state index in [2.05, 4.69) is 65.8 Å². The quantitative estimate of drug-likeness (QED) is 0.136. The van der Waals surface area contributed by atoms with Crippen molar-refractivity contribution in [3.63, 3.8) is 0 Å². The summed E-state index contributed by atoms with van der Waals surface area (Å²) in [6.45, 7) is 16.8. The first-order valence-electron chi connectivity index (χ1n) is 29.8. The van der Waals surface area contributed by atoms with E-state index in [9.17, 15) is 37.5 Å². The van der Waals surface area contributed by atoms with Crippen LogP contribution in [0, 0.1) is 46.1 Å². The molecule has 6 fully saturated rings. The van der Waals surface area contributed by atoms with Gasteiger partial charge in [-0.05, 0) is 138 Å². The van der Waals surface area contributed by atoms with Gasteiger partial charge < -0.3 is 31.1 Å². The van der Waals surface area contributed by atoms with Crippen molar-refractivity contribution in [1.82, 2.24) is 40.9 Å². The van der Waals surface area contributed by atoms with Crippen molar-refractivity contribution >= 4 is 35.2 Å². The Labute approximate surface area is 464 Å². The number of halogens is 2. The van der Waals surface area contributed by atoms with Gasteiger partial charge >= 0.3 is 0 Å². The molecule has 2 aromatic rings. The first-order valence-corrected chi connectivity index (χ1v) is 29.8. The van der Waals surface area contributed by atoms with Crippen LogP contribution in [0.25, 0.3) is 0 Å². The number of Topliss-reactive ketones (excluding diaryl/α,β-unsaturated/α-hetero) is 2. The number of ketones is 2. The molecule has 14 nitrogen and oxygen atoms in total. The lowest BCUT2D eigenvalue weighted by Crippen LogP contribution is -2.63. The lowest BCUT2D eigenvalue weighted by molar-refractivity contribution is -0.145. The maximum atomic E-state index is 14.0. The maximum Gasteiger partial charge on any atom is 0.245 e. The molecular formula is C62H94F2N8O6. The Balaban J connectivity index is 0.000000226. The highest BCUT2D eigenvalue weighted by molar-refractivity contribution is 5.92. The topological polar surface area (TPSA) is 164 Å². The molecule has 0 aromatic heterocycles. The highest BCUT2D eigenvalue weighted by atomic mass is 19.1. The summed E-state index contributed by atoms with van der Waals surface area (Å²) in [5.41, 5.74) is 0.913. The Hall–Kier alpha value is -4.64. The van der Waals surface area contributed by atoms with Crippen LogP contribution < -0.4 is 21.3 Å². The number of hydrogen-bond acceptors (Lipinski definition) is 10. The fraction of sp³-hybridized carbons (Fsp3) is 0.710. The summed E-state index contributed by atoms with van der Waals surface area (Å²) in [6, 6.07) is 10.6. The van der Waals surface area contributed by atoms with E-state index < -0.39 is 18.1 Å². The molecule has 2 unspecified atom stereocenters. The van der Waals surface area contributed by atoms with E-state index in [4.69, 9.17) is 0 Å². The summed E-state index contributed by atoms with van der Waals surface area (Å²) in [5, 5.41) is 12.8. The summed E-state index contributed by atoms with van der Waals surface area (Å²) >= 11 is 0. The maximum absolute atomic E-state index is 14.0. The molecule has 4 aliphatic heterocycles. The molecule has 0 spiro atoms. The Bertz CT molecular complexity index is 2310. The number of nitrogens with zero attached hydrogens (tertiary/aromatic N) is 4. The van der Waals surface area contributed by atoms with Crippen molar-refractivity contribution in [2.75, 3.05) is 66.5 Å². The predicted molar refractivity (Wildman–Crippen MR) is 301 cm³/mol. The van der Waals surface area contributed by atoms with Crippen LogP contribution in [0.4, 0.5) is 8.78 Å². The van der Waals surface area contributed by atoms with Crippen molar-refractivity contribution < 1.29 is 37.5 Å². The molecule has 2 aromatic carbocycles. The molecule has 4 N–H and O–H groups in total. The molecule has 432 valence electrons. The largest absolute Gasteiger partial charge is 0.343 e. The van der Waals surface area contributed by atoms with E-state index in [1.165, 1.54) is 62.8 Å². The molecule has 4 heterocycles. The molecule has 78 heavy (non-hydrogen) atoms. The molecule has 6 aliphatic rings. The van der Waals surface area contributed by atoms with Gasteiger partial charge in [-0.25, -0.2) is 8.78 Å². The number of amides is 4. The highest BCUT2D eigenvalue weighted by Crippen LogP contribution is 2.48. The predicted octanol–water partition coefficient (Wildman–Crippen LogP) is 7.12. The molecule has 4 saturated heterocycles. The number of likely N-dealkylation sites (N-methyl/N-ethyl adjacent to an activating group) is 2. The van der Waals surface area contributed by atoms with E-state index in [0.717, 1.165) is 43.4 Å². The third-order valence-electron chi connectivity index (χ3n) is 19.4. The number of nitrogens with one attached hydrogen (secondary N) is 4. The van der Waals surface area contributed by atoms with Crippen LogP contribution in [-0.2, 0) is 41.6 Å². The Morgan fingerprint density at radius 2 is 0.987 bits per heavy atom. The average Bonchev–Trinajstić information content (AvgIpc) is 3.49. The monoisotopic (exact) mass is 1080 g/mol. The molecule has 0 radical (unpaired) electrons. The number of carbonyl (C=O) groups excluding carboxylic acids is 6. The van der Waals surface area contributed by atoms with Crippen LogP contribution in [0.5, 0.6) is 0 Å². The number of rotatable bonds is 16. The first kappa shape index (κ1) is 61.0. The molecule has 8 rings (SSSR count). The lowest BCUT2D eigenvalue weighted by atomic mass is 9.62. The number of benzene rings is 2. The third kappa shape index (κ3) is 15.0. The van der Waals surface area contributed by atoms with Gasteiger partial charge in [0.05, 0.1) is 6.04 Å². The van der Waals surface area contributed by atoms with Crippen LogP contribution in [-0.4, -0.2) is 157 Å². The van der Waals surface area contributed by atoms with Crippen molar-refractivity contribution in [3.05, 3.63) is 71.3 Å². The second kappa shape index (κ2) is 27.7. The molecule has 2 saturated carbocycles. The number of likely N-dealkylation sites (tertiary alicyclic amines) is 2. The smallest absolute Gasteiger partial charge is 0.245 e. The Morgan fingerprint density at radius 1 is 0.564 bits per heavy atom. The number of piperidine rings is 2. The van der Waals surface area contributed by atoms with Gasteiger partial charge in [0, 0.05) is 88.1 Å². The summed E-state index contributed by atoms with van der Waals surface area (Å²) in [7, 11) is 4.03. The average molecular weight is 1090 g/mol. The minimum absolute atomic E-state index is 0.120. The van der Waals surface area contributed by atoms with Crippen LogP contribution in [0.15, 0.2) is 48.5 Å². The summed E-state index contributed by atoms with van der Waals surface area (Å²) < 4.78 is 27.1. The van der Waals surface area contributed by atoms with E-state index in [1.807, 2.05) is 16.8 Å². The van der Waals surface area contributed by atoms with Crippen molar-refractivity contribution in [2.45, 2.75) is 181 Å². The van der Waals surface area contributed by atoms with Gasteiger partial charge in [-0.3, -0.25) is 38.6 Å². The Morgan fingerprint density at radius 3 is 1.36 bits per heavy atom. The summed E-state index contributed by atoms with van der Waals surface area (Å²) in [6.07, 6.45) is 14.9. The summed E-state index contributed by atoms with van der Waals surface area (Å²) in [4.78, 5) is 88.4. The second-order valence-electron chi connectivity index (χ2n) is 25.0. The molecule has 6 atom stereocenters. The Kier molecular flexibility index (Phi) is 21.6. The van der Waals surface area contributed by atoms with Crippen LogP contribution >= 0.6 is 0 Å². The molecule has 0 bridgehead atoms. The fourth-order valence-corrected chi connectivity index (χ4v) is 14.2. The number of carbonyl (C=O) groups is 6. The van der Waals surface area contributed by atoms with Gasteiger partial charge in [-0.2, -0.15) is 0 Å². The number of piperazine rings is 2. The molecular weight excluding hydrogens is 991 g/mol. The normalized spacial score (nSPS) is 25.3. The second-order valence-corrected chi connectivity index (χ2v) is 25.0. The SMILES string of the molecule is CC(=O)C1(C2CCCCC2)CCN(C(=O)[C@@H](Cc2ccc(F)cc2)NC(=O)[C@H]2CN(C)C(C(C)C)CN2C)CC1.CC(=O)C1(C2CCCCC2)CCN(C(=O)[C@@H](Cc2ccc(F)cc2)NC(=O)[C@H]2CNC(C(C)C)CN2)CC1.